The molecule has 1 atom stereocenters. The van der Waals surface area contributed by atoms with Crippen LogP contribution in [0.1, 0.15) is 18.1 Å². The molecule has 0 fully saturated rings. The number of ether oxygens (including phenoxy) is 1. The van der Waals surface area contributed by atoms with E-state index in [0.717, 1.165) is 6.08 Å². The van der Waals surface area contributed by atoms with E-state index in [1.165, 1.54) is 6.08 Å². The normalized spacial score (nSPS) is 12.6. The van der Waals surface area contributed by atoms with Gasteiger partial charge in [0.15, 0.2) is 0 Å². The molecule has 98 valence electrons. The monoisotopic (exact) mass is 252 g/mol. The van der Waals surface area contributed by atoms with Crippen molar-refractivity contribution in [3.05, 3.63) is 42.0 Å². The lowest BCUT2D eigenvalue weighted by molar-refractivity contribution is -0.131. The highest BCUT2D eigenvalue weighted by Gasteiger charge is 2.11. The smallest absolute Gasteiger partial charge is 0.327 e. The average molecular weight is 252 g/mol. The summed E-state index contributed by atoms with van der Waals surface area (Å²) in [5, 5.41) is 27.1. The van der Waals surface area contributed by atoms with Crippen molar-refractivity contribution < 1.29 is 24.9 Å². The van der Waals surface area contributed by atoms with Crippen molar-refractivity contribution in [2.45, 2.75) is 12.5 Å². The van der Waals surface area contributed by atoms with E-state index in [0.29, 0.717) is 11.3 Å². The first-order valence-corrected chi connectivity index (χ1v) is 5.55. The molecule has 0 saturated heterocycles. The Labute approximate surface area is 105 Å². The van der Waals surface area contributed by atoms with Gasteiger partial charge in [-0.15, -0.1) is 0 Å². The molecule has 0 bridgehead atoms. The van der Waals surface area contributed by atoms with Gasteiger partial charge in [0.25, 0.3) is 0 Å². The third kappa shape index (κ3) is 4.57. The molecule has 18 heavy (non-hydrogen) atoms. The van der Waals surface area contributed by atoms with Crippen LogP contribution in [0.4, 0.5) is 0 Å². The molecule has 1 rings (SSSR count). The van der Waals surface area contributed by atoms with Crippen molar-refractivity contribution >= 4 is 5.97 Å². The van der Waals surface area contributed by atoms with Crippen molar-refractivity contribution in [2.24, 2.45) is 0 Å². The Balaban J connectivity index is 2.71. The summed E-state index contributed by atoms with van der Waals surface area (Å²) in [4.78, 5) is 10.3. The second-order valence-corrected chi connectivity index (χ2v) is 3.60. The highest BCUT2D eigenvalue weighted by atomic mass is 16.5. The first-order valence-electron chi connectivity index (χ1n) is 5.55. The topological polar surface area (TPSA) is 87.0 Å². The number of aliphatic hydroxyl groups excluding tert-OH is 2. The van der Waals surface area contributed by atoms with E-state index in [4.69, 9.17) is 14.9 Å². The molecule has 1 aromatic carbocycles. The molecular weight excluding hydrogens is 236 g/mol. The zero-order chi connectivity index (χ0) is 13.4. The van der Waals surface area contributed by atoms with Crippen molar-refractivity contribution in [3.63, 3.8) is 0 Å². The quantitative estimate of drug-likeness (QED) is 0.633. The number of hydrogen-bond donors (Lipinski definition) is 3. The number of carboxylic acid groups (broad SMARTS) is 1. The van der Waals surface area contributed by atoms with Crippen LogP contribution in [0.25, 0.3) is 0 Å². The molecular formula is C13H16O5. The minimum atomic E-state index is -1.05. The standard InChI is InChI=1S/C13H16O5/c14-8-9-18-12-6-2-1-4-10(12)11(15)5-3-7-13(16)17/h1-4,6-7,11,14-15H,5,8-9H2,(H,16,17)/b7-3+/t11-/m0/s1. The van der Waals surface area contributed by atoms with Gasteiger partial charge in [0.2, 0.25) is 0 Å². The van der Waals surface area contributed by atoms with Gasteiger partial charge in [-0.25, -0.2) is 4.79 Å². The summed E-state index contributed by atoms with van der Waals surface area (Å²) in [6.07, 6.45) is 1.72. The molecule has 0 spiro atoms. The van der Waals surface area contributed by atoms with Crippen molar-refractivity contribution in [1.29, 1.82) is 0 Å². The minimum Gasteiger partial charge on any atom is -0.491 e. The molecule has 0 heterocycles. The predicted octanol–water partition coefficient (Wildman–Crippen LogP) is 1.12. The number of aliphatic hydroxyl groups is 2. The van der Waals surface area contributed by atoms with Crippen molar-refractivity contribution in [3.8, 4) is 5.75 Å². The Morgan fingerprint density at radius 1 is 1.39 bits per heavy atom. The molecule has 0 aromatic heterocycles. The molecule has 0 aliphatic heterocycles. The Hall–Kier alpha value is -1.85. The maximum absolute atomic E-state index is 10.3. The summed E-state index contributed by atoms with van der Waals surface area (Å²) in [6, 6.07) is 6.91. The van der Waals surface area contributed by atoms with E-state index in [1.807, 2.05) is 0 Å². The molecule has 3 N–H and O–H groups in total. The average Bonchev–Trinajstić information content (AvgIpc) is 2.36. The molecule has 5 nitrogen and oxygen atoms in total. The van der Waals surface area contributed by atoms with E-state index in [9.17, 15) is 9.90 Å². The number of para-hydroxylation sites is 1. The number of aliphatic carboxylic acids is 1. The number of carboxylic acids is 1. The van der Waals surface area contributed by atoms with Gasteiger partial charge in [-0.2, -0.15) is 0 Å². The maximum Gasteiger partial charge on any atom is 0.327 e. The first-order chi connectivity index (χ1) is 8.65. The fourth-order valence-corrected chi connectivity index (χ4v) is 1.47. The SMILES string of the molecule is O=C(O)/C=C/C[C@H](O)c1ccccc1OCCO. The lowest BCUT2D eigenvalue weighted by Gasteiger charge is -2.14. The highest BCUT2D eigenvalue weighted by molar-refractivity contribution is 5.79. The molecule has 0 aliphatic rings. The van der Waals surface area contributed by atoms with Gasteiger partial charge < -0.3 is 20.1 Å². The Morgan fingerprint density at radius 3 is 2.78 bits per heavy atom. The van der Waals surface area contributed by atoms with Gasteiger partial charge in [-0.3, -0.25) is 0 Å². The molecule has 0 saturated carbocycles. The van der Waals surface area contributed by atoms with Gasteiger partial charge in [0.05, 0.1) is 12.7 Å². The van der Waals surface area contributed by atoms with Gasteiger partial charge in [-0.1, -0.05) is 24.3 Å². The van der Waals surface area contributed by atoms with Gasteiger partial charge >= 0.3 is 5.97 Å². The maximum atomic E-state index is 10.3. The summed E-state index contributed by atoms with van der Waals surface area (Å²) in [6.45, 7) is 0.0397. The van der Waals surface area contributed by atoms with Crippen LogP contribution in [0.3, 0.4) is 0 Å². The van der Waals surface area contributed by atoms with Gasteiger partial charge in [0.1, 0.15) is 12.4 Å². The van der Waals surface area contributed by atoms with Crippen LogP contribution in [-0.2, 0) is 4.79 Å². The lowest BCUT2D eigenvalue weighted by atomic mass is 10.1. The van der Waals surface area contributed by atoms with Crippen LogP contribution in [-0.4, -0.2) is 34.5 Å². The van der Waals surface area contributed by atoms with Crippen LogP contribution >= 0.6 is 0 Å². The number of hydrogen-bond acceptors (Lipinski definition) is 4. The molecule has 0 unspecified atom stereocenters. The second-order valence-electron chi connectivity index (χ2n) is 3.60. The van der Waals surface area contributed by atoms with E-state index < -0.39 is 12.1 Å². The second kappa shape index (κ2) is 7.47. The van der Waals surface area contributed by atoms with Gasteiger partial charge in [-0.05, 0) is 12.5 Å². The Morgan fingerprint density at radius 2 is 2.11 bits per heavy atom. The molecule has 1 aromatic rings. The highest BCUT2D eigenvalue weighted by Crippen LogP contribution is 2.27. The van der Waals surface area contributed by atoms with Crippen LogP contribution in [0, 0.1) is 0 Å². The fourth-order valence-electron chi connectivity index (χ4n) is 1.47. The summed E-state index contributed by atoms with van der Waals surface area (Å²) >= 11 is 0. The third-order valence-corrected chi connectivity index (χ3v) is 2.25. The summed E-state index contributed by atoms with van der Waals surface area (Å²) in [5.74, 6) is -0.560. The van der Waals surface area contributed by atoms with Crippen LogP contribution in [0.15, 0.2) is 36.4 Å². The summed E-state index contributed by atoms with van der Waals surface area (Å²) in [5.41, 5.74) is 0.570. The predicted molar refractivity (Wildman–Crippen MR) is 65.4 cm³/mol. The van der Waals surface area contributed by atoms with Crippen LogP contribution < -0.4 is 4.74 Å². The summed E-state index contributed by atoms with van der Waals surface area (Å²) < 4.78 is 5.28. The largest absolute Gasteiger partial charge is 0.491 e. The number of carbonyl (C=O) groups is 1. The molecule has 5 heteroatoms. The van der Waals surface area contributed by atoms with Crippen molar-refractivity contribution in [1.82, 2.24) is 0 Å². The summed E-state index contributed by atoms with van der Waals surface area (Å²) in [7, 11) is 0. The van der Waals surface area contributed by atoms with E-state index in [-0.39, 0.29) is 19.6 Å². The molecule has 0 aliphatic carbocycles. The number of rotatable bonds is 7. The Kier molecular flexibility index (Phi) is 5.90. The van der Waals surface area contributed by atoms with Crippen LogP contribution in [0.2, 0.25) is 0 Å². The first kappa shape index (κ1) is 14.2. The lowest BCUT2D eigenvalue weighted by Crippen LogP contribution is -2.06. The van der Waals surface area contributed by atoms with Crippen LogP contribution in [0.5, 0.6) is 5.75 Å². The van der Waals surface area contributed by atoms with E-state index in [2.05, 4.69) is 0 Å². The van der Waals surface area contributed by atoms with Gasteiger partial charge in [0, 0.05) is 11.6 Å². The van der Waals surface area contributed by atoms with E-state index in [1.54, 1.807) is 24.3 Å². The number of benzene rings is 1. The van der Waals surface area contributed by atoms with Crippen molar-refractivity contribution in [2.75, 3.05) is 13.2 Å². The van der Waals surface area contributed by atoms with E-state index >= 15 is 0 Å². The minimum absolute atomic E-state index is 0.108. The fraction of sp³-hybridized carbons (Fsp3) is 0.308. The zero-order valence-corrected chi connectivity index (χ0v) is 9.82. The third-order valence-electron chi connectivity index (χ3n) is 2.25. The Bertz CT molecular complexity index is 414. The zero-order valence-electron chi connectivity index (χ0n) is 9.82. The molecule has 0 amide bonds. The molecule has 0 radical (unpaired) electrons.